The summed E-state index contributed by atoms with van der Waals surface area (Å²) in [5.74, 6) is 0. The molecule has 0 atom stereocenters. The molecule has 0 fully saturated rings. The Bertz CT molecular complexity index is 486. The quantitative estimate of drug-likeness (QED) is 0.199. The fourth-order valence-electron chi connectivity index (χ4n) is 0.958. The molecule has 0 aliphatic rings. The van der Waals surface area contributed by atoms with Gasteiger partial charge in [0.2, 0.25) is 0 Å². The number of nitro benzene ring substituents is 1. The van der Waals surface area contributed by atoms with Crippen molar-refractivity contribution in [3.05, 3.63) is 28.3 Å². The first-order valence-corrected chi connectivity index (χ1v) is 4.73. The van der Waals surface area contributed by atoms with Crippen molar-refractivity contribution >= 4 is 21.5 Å². The minimum Gasteiger partial charge on any atom is -0.744 e. The Labute approximate surface area is 128 Å². The van der Waals surface area contributed by atoms with Crippen molar-refractivity contribution in [2.24, 2.45) is 0 Å². The van der Waals surface area contributed by atoms with Crippen LogP contribution in [-0.4, -0.2) is 17.9 Å². The smallest absolute Gasteiger partial charge is 0.744 e. The maximum atomic E-state index is 10.6. The van der Waals surface area contributed by atoms with Crippen LogP contribution in [-0.2, 0) is 10.1 Å². The molecule has 7 nitrogen and oxygen atoms in total. The number of hydrogen-bond donors (Lipinski definition) is 1. The predicted octanol–water partition coefficient (Wildman–Crippen LogP) is -2.91. The number of nitro groups is 1. The number of nitrogens with two attached hydrogens (primary N) is 1. The molecule has 0 aromatic heterocycles. The normalized spacial score (nSPS) is 10.5. The molecule has 2 N–H and O–H groups in total. The second kappa shape index (κ2) is 5.34. The van der Waals surface area contributed by atoms with Crippen molar-refractivity contribution in [3.63, 3.8) is 0 Å². The number of nitrogen functional groups attached to an aromatic ring is 1. The molecule has 76 valence electrons. The van der Waals surface area contributed by atoms with E-state index in [2.05, 4.69) is 0 Å². The fourth-order valence-corrected chi connectivity index (χ4v) is 1.71. The van der Waals surface area contributed by atoms with Gasteiger partial charge in [0.1, 0.15) is 10.1 Å². The Morgan fingerprint density at radius 3 is 2.20 bits per heavy atom. The number of nitrogens with zero attached hydrogens (tertiary/aromatic N) is 1. The third-order valence-corrected chi connectivity index (χ3v) is 2.42. The Balaban J connectivity index is 0.00000196. The Morgan fingerprint density at radius 2 is 1.87 bits per heavy atom. The van der Waals surface area contributed by atoms with Gasteiger partial charge in [-0.1, -0.05) is 6.07 Å². The Kier molecular flexibility index (Phi) is 5.33. The predicted molar refractivity (Wildman–Crippen MR) is 45.5 cm³/mol. The molecule has 0 saturated heterocycles. The van der Waals surface area contributed by atoms with Crippen molar-refractivity contribution in [1.29, 1.82) is 0 Å². The zero-order chi connectivity index (χ0) is 10.9. The zero-order valence-corrected chi connectivity index (χ0v) is 11.6. The molecule has 1 aromatic rings. The third kappa shape index (κ3) is 3.48. The van der Waals surface area contributed by atoms with Crippen LogP contribution in [0, 0.1) is 10.1 Å². The number of hydrogen-bond acceptors (Lipinski definition) is 6. The van der Waals surface area contributed by atoms with Crippen molar-refractivity contribution in [2.45, 2.75) is 4.90 Å². The van der Waals surface area contributed by atoms with Gasteiger partial charge in [-0.15, -0.1) is 0 Å². The summed E-state index contributed by atoms with van der Waals surface area (Å²) in [6.07, 6.45) is 0. The largest absolute Gasteiger partial charge is 1.00 e. The number of benzene rings is 1. The second-order valence-corrected chi connectivity index (χ2v) is 3.72. The van der Waals surface area contributed by atoms with Gasteiger partial charge < -0.3 is 10.3 Å². The minimum atomic E-state index is -4.93. The van der Waals surface area contributed by atoms with E-state index in [0.29, 0.717) is 0 Å². The maximum Gasteiger partial charge on any atom is 1.00 e. The van der Waals surface area contributed by atoms with Crippen LogP contribution < -0.4 is 57.1 Å². The van der Waals surface area contributed by atoms with E-state index >= 15 is 0 Å². The third-order valence-electron chi connectivity index (χ3n) is 1.47. The molecule has 15 heavy (non-hydrogen) atoms. The molecule has 0 aliphatic carbocycles. The van der Waals surface area contributed by atoms with Crippen LogP contribution in [0.25, 0.3) is 0 Å². The monoisotopic (exact) mass is 256 g/mol. The summed E-state index contributed by atoms with van der Waals surface area (Å²) < 4.78 is 31.9. The molecule has 0 bridgehead atoms. The molecule has 1 aromatic carbocycles. The van der Waals surface area contributed by atoms with Gasteiger partial charge in [-0.25, -0.2) is 8.42 Å². The minimum absolute atomic E-state index is 0. The summed E-state index contributed by atoms with van der Waals surface area (Å²) in [5, 5.41) is 10.4. The molecule has 0 saturated carbocycles. The molecular formula is C6H5KN2O5S. The van der Waals surface area contributed by atoms with Gasteiger partial charge in [-0.3, -0.25) is 10.1 Å². The van der Waals surface area contributed by atoms with Crippen LogP contribution >= 0.6 is 0 Å². The standard InChI is InChI=1S/C6H6N2O5S.K/c7-4-2-1-3-5(8(9)10)6(4)14(11,12)13;/h1-3H,7H2,(H,11,12,13);/q;+1/p-1. The molecule has 0 unspecified atom stereocenters. The first kappa shape index (κ1) is 15.0. The average molecular weight is 256 g/mol. The zero-order valence-electron chi connectivity index (χ0n) is 7.71. The first-order valence-electron chi connectivity index (χ1n) is 3.33. The van der Waals surface area contributed by atoms with Gasteiger partial charge in [0, 0.05) is 6.07 Å². The van der Waals surface area contributed by atoms with E-state index in [1.54, 1.807) is 0 Å². The van der Waals surface area contributed by atoms with Gasteiger partial charge in [-0.2, -0.15) is 0 Å². The van der Waals surface area contributed by atoms with Crippen LogP contribution in [0.5, 0.6) is 0 Å². The number of rotatable bonds is 2. The van der Waals surface area contributed by atoms with Crippen LogP contribution in [0.3, 0.4) is 0 Å². The Hall–Kier alpha value is -0.0336. The fraction of sp³-hybridized carbons (Fsp3) is 0. The van der Waals surface area contributed by atoms with Crippen molar-refractivity contribution in [1.82, 2.24) is 0 Å². The van der Waals surface area contributed by atoms with E-state index in [9.17, 15) is 23.1 Å². The second-order valence-electron chi connectivity index (χ2n) is 2.41. The van der Waals surface area contributed by atoms with Crippen molar-refractivity contribution < 1.29 is 69.3 Å². The van der Waals surface area contributed by atoms with Gasteiger partial charge in [0.05, 0.1) is 10.6 Å². The molecule has 1 rings (SSSR count). The molecule has 0 heterocycles. The van der Waals surface area contributed by atoms with Crippen LogP contribution in [0.2, 0.25) is 0 Å². The van der Waals surface area contributed by atoms with Gasteiger partial charge in [0.15, 0.2) is 4.90 Å². The topological polar surface area (TPSA) is 126 Å². The molecular weight excluding hydrogens is 251 g/mol. The molecule has 0 aliphatic heterocycles. The maximum absolute atomic E-state index is 10.6. The summed E-state index contributed by atoms with van der Waals surface area (Å²) in [5.41, 5.74) is 3.93. The molecule has 0 spiro atoms. The summed E-state index contributed by atoms with van der Waals surface area (Å²) in [7, 11) is -4.93. The van der Waals surface area contributed by atoms with E-state index in [1.165, 1.54) is 6.07 Å². The van der Waals surface area contributed by atoms with E-state index in [0.717, 1.165) is 12.1 Å². The molecule has 0 radical (unpaired) electrons. The average Bonchev–Trinajstić information content (AvgIpc) is 2.01. The first-order chi connectivity index (χ1) is 6.34. The van der Waals surface area contributed by atoms with Gasteiger partial charge >= 0.3 is 51.4 Å². The van der Waals surface area contributed by atoms with Gasteiger partial charge in [-0.05, 0) is 6.07 Å². The summed E-state index contributed by atoms with van der Waals surface area (Å²) in [6.45, 7) is 0. The summed E-state index contributed by atoms with van der Waals surface area (Å²) in [4.78, 5) is 8.41. The SMILES string of the molecule is Nc1cccc([N+](=O)[O-])c1S(=O)(=O)[O-].[K+]. The van der Waals surface area contributed by atoms with Crippen LogP contribution in [0.15, 0.2) is 23.1 Å². The Morgan fingerprint density at radius 1 is 1.33 bits per heavy atom. The van der Waals surface area contributed by atoms with Gasteiger partial charge in [0.25, 0.3) is 5.69 Å². The van der Waals surface area contributed by atoms with Crippen molar-refractivity contribution in [3.8, 4) is 0 Å². The molecule has 9 heteroatoms. The van der Waals surface area contributed by atoms with Crippen LogP contribution in [0.4, 0.5) is 11.4 Å². The molecule has 0 amide bonds. The summed E-state index contributed by atoms with van der Waals surface area (Å²) in [6, 6.07) is 3.21. The van der Waals surface area contributed by atoms with E-state index in [-0.39, 0.29) is 51.4 Å². The van der Waals surface area contributed by atoms with E-state index in [1.807, 2.05) is 0 Å². The van der Waals surface area contributed by atoms with Crippen LogP contribution in [0.1, 0.15) is 0 Å². The van der Waals surface area contributed by atoms with E-state index in [4.69, 9.17) is 5.73 Å². The van der Waals surface area contributed by atoms with Crippen molar-refractivity contribution in [2.75, 3.05) is 5.73 Å². The van der Waals surface area contributed by atoms with E-state index < -0.39 is 31.3 Å². The number of anilines is 1. The summed E-state index contributed by atoms with van der Waals surface area (Å²) >= 11 is 0.